The second-order valence-corrected chi connectivity index (χ2v) is 6.20. The number of aromatic nitrogens is 2. The molecule has 6 nitrogen and oxygen atoms in total. The van der Waals surface area contributed by atoms with Crippen LogP contribution in [0.1, 0.15) is 18.2 Å². The number of nitrogens with one attached hydrogen (secondary N) is 1. The first-order valence-electron chi connectivity index (χ1n) is 6.26. The van der Waals surface area contributed by atoms with Crippen molar-refractivity contribution in [3.8, 4) is 0 Å². The molecule has 0 aliphatic heterocycles. The summed E-state index contributed by atoms with van der Waals surface area (Å²) in [5.41, 5.74) is 7.77. The standard InChI is InChI=1S/C13H18N4O2S/c1-4-10-6-5-7-11(8-10)16-20(18,19)12-9(2)17(3)15-13(12)14/h5-8,16H,4H2,1-3H3,(H2,14,15). The number of hydrogen-bond donors (Lipinski definition) is 2. The zero-order chi connectivity index (χ0) is 14.9. The SMILES string of the molecule is CCc1cccc(NS(=O)(=O)c2c(N)nn(C)c2C)c1. The minimum absolute atomic E-state index is 0.00384. The molecule has 0 radical (unpaired) electrons. The van der Waals surface area contributed by atoms with E-state index < -0.39 is 10.0 Å². The first-order valence-corrected chi connectivity index (χ1v) is 7.74. The molecule has 2 aromatic rings. The van der Waals surface area contributed by atoms with Gasteiger partial charge in [0.15, 0.2) is 10.7 Å². The van der Waals surface area contributed by atoms with Gasteiger partial charge in [0.05, 0.1) is 5.69 Å². The van der Waals surface area contributed by atoms with E-state index in [-0.39, 0.29) is 10.7 Å². The van der Waals surface area contributed by atoms with E-state index in [9.17, 15) is 8.42 Å². The van der Waals surface area contributed by atoms with Gasteiger partial charge in [-0.25, -0.2) is 8.42 Å². The van der Waals surface area contributed by atoms with Crippen molar-refractivity contribution in [1.82, 2.24) is 9.78 Å². The Hall–Kier alpha value is -2.02. The van der Waals surface area contributed by atoms with E-state index in [1.165, 1.54) is 4.68 Å². The summed E-state index contributed by atoms with van der Waals surface area (Å²) in [6.07, 6.45) is 0.837. The highest BCUT2D eigenvalue weighted by molar-refractivity contribution is 7.93. The summed E-state index contributed by atoms with van der Waals surface area (Å²) in [7, 11) is -2.08. The zero-order valence-corrected chi connectivity index (χ0v) is 12.5. The maximum absolute atomic E-state index is 12.4. The van der Waals surface area contributed by atoms with Crippen LogP contribution in [0, 0.1) is 6.92 Å². The van der Waals surface area contributed by atoms with E-state index in [4.69, 9.17) is 5.73 Å². The molecule has 1 aromatic carbocycles. The van der Waals surface area contributed by atoms with Crippen molar-refractivity contribution in [3.05, 3.63) is 35.5 Å². The quantitative estimate of drug-likeness (QED) is 0.897. The summed E-state index contributed by atoms with van der Waals surface area (Å²) in [6.45, 7) is 3.68. The number of benzene rings is 1. The van der Waals surface area contributed by atoms with Gasteiger partial charge in [-0.1, -0.05) is 19.1 Å². The fourth-order valence-corrected chi connectivity index (χ4v) is 3.38. The lowest BCUT2D eigenvalue weighted by Gasteiger charge is -2.09. The maximum Gasteiger partial charge on any atom is 0.267 e. The third-order valence-corrected chi connectivity index (χ3v) is 4.71. The Bertz CT molecular complexity index is 735. The minimum Gasteiger partial charge on any atom is -0.381 e. The molecule has 0 aliphatic carbocycles. The summed E-state index contributed by atoms with van der Waals surface area (Å²) >= 11 is 0. The lowest BCUT2D eigenvalue weighted by atomic mass is 10.1. The number of rotatable bonds is 4. The molecule has 0 spiro atoms. The average molecular weight is 294 g/mol. The molecule has 108 valence electrons. The van der Waals surface area contributed by atoms with Crippen molar-refractivity contribution in [3.63, 3.8) is 0 Å². The lowest BCUT2D eigenvalue weighted by molar-refractivity contribution is 0.600. The van der Waals surface area contributed by atoms with Crippen molar-refractivity contribution < 1.29 is 8.42 Å². The smallest absolute Gasteiger partial charge is 0.267 e. The zero-order valence-electron chi connectivity index (χ0n) is 11.7. The number of anilines is 2. The first kappa shape index (κ1) is 14.4. The van der Waals surface area contributed by atoms with Crippen molar-refractivity contribution in [2.24, 2.45) is 7.05 Å². The Labute approximate surface area is 118 Å². The van der Waals surface area contributed by atoms with Crippen LogP contribution in [0.3, 0.4) is 0 Å². The fraction of sp³-hybridized carbons (Fsp3) is 0.308. The van der Waals surface area contributed by atoms with E-state index in [0.29, 0.717) is 11.4 Å². The second kappa shape index (κ2) is 5.16. The summed E-state index contributed by atoms with van der Waals surface area (Å²) in [6, 6.07) is 7.27. The van der Waals surface area contributed by atoms with Crippen LogP contribution in [-0.4, -0.2) is 18.2 Å². The van der Waals surface area contributed by atoms with Crippen molar-refractivity contribution in [2.45, 2.75) is 25.2 Å². The predicted octanol–water partition coefficient (Wildman–Crippen LogP) is 1.67. The molecule has 3 N–H and O–H groups in total. The summed E-state index contributed by atoms with van der Waals surface area (Å²) in [5.74, 6) is 0.00384. The van der Waals surface area contributed by atoms with E-state index in [1.807, 2.05) is 19.1 Å². The third kappa shape index (κ3) is 2.62. The van der Waals surface area contributed by atoms with Gasteiger partial charge >= 0.3 is 0 Å². The Morgan fingerprint density at radius 1 is 1.40 bits per heavy atom. The van der Waals surface area contributed by atoms with Crippen molar-refractivity contribution in [2.75, 3.05) is 10.5 Å². The van der Waals surface area contributed by atoms with Crippen LogP contribution in [0.15, 0.2) is 29.2 Å². The van der Waals surface area contributed by atoms with Gasteiger partial charge in [0.25, 0.3) is 10.0 Å². The molecule has 1 aromatic heterocycles. The Balaban J connectivity index is 2.40. The van der Waals surface area contributed by atoms with E-state index in [0.717, 1.165) is 12.0 Å². The highest BCUT2D eigenvalue weighted by atomic mass is 32.2. The Morgan fingerprint density at radius 3 is 2.65 bits per heavy atom. The lowest BCUT2D eigenvalue weighted by Crippen LogP contribution is -2.15. The number of nitrogens with two attached hydrogens (primary N) is 1. The van der Waals surface area contributed by atoms with Crippen LogP contribution in [0.5, 0.6) is 0 Å². The van der Waals surface area contributed by atoms with Crippen LogP contribution < -0.4 is 10.5 Å². The minimum atomic E-state index is -3.74. The molecule has 0 aliphatic rings. The van der Waals surface area contributed by atoms with Crippen molar-refractivity contribution in [1.29, 1.82) is 0 Å². The average Bonchev–Trinajstić information content (AvgIpc) is 2.63. The van der Waals surface area contributed by atoms with Gasteiger partial charge in [-0.2, -0.15) is 5.10 Å². The van der Waals surface area contributed by atoms with Gasteiger partial charge in [-0.3, -0.25) is 9.40 Å². The number of nitrogen functional groups attached to an aromatic ring is 1. The van der Waals surface area contributed by atoms with Gasteiger partial charge in [0.2, 0.25) is 0 Å². The highest BCUT2D eigenvalue weighted by Gasteiger charge is 2.24. The van der Waals surface area contributed by atoms with E-state index in [1.54, 1.807) is 26.1 Å². The third-order valence-electron chi connectivity index (χ3n) is 3.16. The van der Waals surface area contributed by atoms with E-state index in [2.05, 4.69) is 9.82 Å². The Kier molecular flexibility index (Phi) is 3.71. The van der Waals surface area contributed by atoms with Crippen LogP contribution >= 0.6 is 0 Å². The highest BCUT2D eigenvalue weighted by Crippen LogP contribution is 2.24. The van der Waals surface area contributed by atoms with Crippen LogP contribution in [0.4, 0.5) is 11.5 Å². The molecule has 0 bridgehead atoms. The molecule has 0 saturated carbocycles. The molecule has 0 amide bonds. The molecule has 20 heavy (non-hydrogen) atoms. The molecule has 0 unspecified atom stereocenters. The maximum atomic E-state index is 12.4. The van der Waals surface area contributed by atoms with Crippen LogP contribution in [0.2, 0.25) is 0 Å². The summed E-state index contributed by atoms with van der Waals surface area (Å²) in [5, 5.41) is 3.93. The topological polar surface area (TPSA) is 90.0 Å². The molecular formula is C13H18N4O2S. The Morgan fingerprint density at radius 2 is 2.10 bits per heavy atom. The largest absolute Gasteiger partial charge is 0.381 e. The normalized spacial score (nSPS) is 11.6. The molecule has 0 saturated heterocycles. The number of hydrogen-bond acceptors (Lipinski definition) is 4. The molecule has 7 heteroatoms. The van der Waals surface area contributed by atoms with Gasteiger partial charge in [0, 0.05) is 12.7 Å². The number of aryl methyl sites for hydroxylation is 2. The monoisotopic (exact) mass is 294 g/mol. The van der Waals surface area contributed by atoms with Gasteiger partial charge in [-0.05, 0) is 31.0 Å². The molecule has 0 fully saturated rings. The van der Waals surface area contributed by atoms with Crippen LogP contribution in [-0.2, 0) is 23.5 Å². The van der Waals surface area contributed by atoms with Crippen molar-refractivity contribution >= 4 is 21.5 Å². The van der Waals surface area contributed by atoms with Gasteiger partial charge in [-0.15, -0.1) is 0 Å². The summed E-state index contributed by atoms with van der Waals surface area (Å²) < 4.78 is 28.8. The number of sulfonamides is 1. The molecule has 0 atom stereocenters. The predicted molar refractivity (Wildman–Crippen MR) is 79.0 cm³/mol. The van der Waals surface area contributed by atoms with Gasteiger partial charge in [0.1, 0.15) is 0 Å². The molecule has 2 rings (SSSR count). The van der Waals surface area contributed by atoms with E-state index >= 15 is 0 Å². The second-order valence-electron chi connectivity index (χ2n) is 4.58. The number of nitrogens with zero attached hydrogens (tertiary/aromatic N) is 2. The fourth-order valence-electron chi connectivity index (χ4n) is 2.01. The van der Waals surface area contributed by atoms with Gasteiger partial charge < -0.3 is 5.73 Å². The molecular weight excluding hydrogens is 276 g/mol. The molecule has 1 heterocycles. The summed E-state index contributed by atoms with van der Waals surface area (Å²) in [4.78, 5) is 0.0295. The first-order chi connectivity index (χ1) is 9.35. The van der Waals surface area contributed by atoms with Crippen LogP contribution in [0.25, 0.3) is 0 Å².